The largest absolute Gasteiger partial charge is 0.456 e. The van der Waals surface area contributed by atoms with E-state index in [0.29, 0.717) is 0 Å². The average molecular weight is 583 g/mol. The molecule has 0 bridgehead atoms. The number of pyridine rings is 1. The van der Waals surface area contributed by atoms with E-state index >= 15 is 0 Å². The molecule has 206 valence electrons. The molecule has 10 rings (SSSR count). The number of para-hydroxylation sites is 1. The van der Waals surface area contributed by atoms with Crippen molar-refractivity contribution in [2.24, 2.45) is 0 Å². The molecule has 0 atom stereocenters. The van der Waals surface area contributed by atoms with E-state index in [1.807, 2.05) is 29.7 Å². The van der Waals surface area contributed by atoms with Crippen molar-refractivity contribution in [2.75, 3.05) is 4.90 Å². The lowest BCUT2D eigenvalue weighted by Gasteiger charge is -2.24. The third-order valence-electron chi connectivity index (χ3n) is 8.70. The summed E-state index contributed by atoms with van der Waals surface area (Å²) in [5.41, 5.74) is 5.47. The highest BCUT2D eigenvalue weighted by molar-refractivity contribution is 7.25. The SMILES string of the molecule is c1ccc2c(c1)ccc1c3cnc(N(c4ccc5oc6ccccc6c5c4)c4ccc5sc6ccccc6c5c4)cc3oc21. The average Bonchev–Trinajstić information content (AvgIpc) is 3.75. The van der Waals surface area contributed by atoms with Crippen LogP contribution in [0.5, 0.6) is 0 Å². The van der Waals surface area contributed by atoms with Crippen LogP contribution in [-0.4, -0.2) is 4.98 Å². The third kappa shape index (κ3) is 3.41. The Hall–Kier alpha value is -5.65. The van der Waals surface area contributed by atoms with Gasteiger partial charge in [-0.25, -0.2) is 4.98 Å². The van der Waals surface area contributed by atoms with Gasteiger partial charge in [-0.05, 0) is 60.0 Å². The van der Waals surface area contributed by atoms with Crippen LogP contribution in [0.3, 0.4) is 0 Å². The smallest absolute Gasteiger partial charge is 0.143 e. The van der Waals surface area contributed by atoms with E-state index in [1.165, 1.54) is 20.2 Å². The van der Waals surface area contributed by atoms with E-state index in [4.69, 9.17) is 13.8 Å². The van der Waals surface area contributed by atoms with Crippen LogP contribution in [0, 0.1) is 0 Å². The van der Waals surface area contributed by atoms with Gasteiger partial charge in [-0.3, -0.25) is 4.90 Å². The van der Waals surface area contributed by atoms with E-state index in [-0.39, 0.29) is 0 Å². The summed E-state index contributed by atoms with van der Waals surface area (Å²) in [6, 6.07) is 44.6. The second kappa shape index (κ2) is 8.93. The molecule has 10 aromatic rings. The molecule has 0 spiro atoms. The second-order valence-corrected chi connectivity index (χ2v) is 12.3. The van der Waals surface area contributed by atoms with Gasteiger partial charge >= 0.3 is 0 Å². The summed E-state index contributed by atoms with van der Waals surface area (Å²) in [6.07, 6.45) is 1.95. The molecule has 0 unspecified atom stereocenters. The summed E-state index contributed by atoms with van der Waals surface area (Å²) in [5, 5.41) is 9.00. The molecule has 0 amide bonds. The topological polar surface area (TPSA) is 42.4 Å². The molecule has 5 heteroatoms. The number of hydrogen-bond donors (Lipinski definition) is 0. The lowest BCUT2D eigenvalue weighted by Crippen LogP contribution is -2.11. The van der Waals surface area contributed by atoms with Crippen LogP contribution < -0.4 is 4.90 Å². The molecule has 44 heavy (non-hydrogen) atoms. The first-order valence-corrected chi connectivity index (χ1v) is 15.4. The molecule has 4 nitrogen and oxygen atoms in total. The summed E-state index contributed by atoms with van der Waals surface area (Å²) >= 11 is 1.82. The zero-order chi connectivity index (χ0) is 28.8. The van der Waals surface area contributed by atoms with Crippen molar-refractivity contribution in [1.29, 1.82) is 0 Å². The standard InChI is InChI=1S/C39H22N2O2S/c1-2-8-26-23(7-1)13-16-29-32-22-40-38(21-35(32)43-39(26)29)41(24-14-17-34-30(19-24)27-9-3-5-11-33(27)42-34)25-15-18-37-31(20-25)28-10-4-6-12-36(28)44-37/h1-22H. The lowest BCUT2D eigenvalue weighted by molar-refractivity contribution is 0.669. The van der Waals surface area contributed by atoms with Crippen LogP contribution >= 0.6 is 11.3 Å². The van der Waals surface area contributed by atoms with Crippen molar-refractivity contribution in [3.8, 4) is 0 Å². The van der Waals surface area contributed by atoms with Gasteiger partial charge in [-0.1, -0.05) is 66.7 Å². The zero-order valence-electron chi connectivity index (χ0n) is 23.3. The summed E-state index contributed by atoms with van der Waals surface area (Å²) in [6.45, 7) is 0. The van der Waals surface area contributed by atoms with Gasteiger partial charge in [0.25, 0.3) is 0 Å². The molecule has 4 heterocycles. The number of aromatic nitrogens is 1. The highest BCUT2D eigenvalue weighted by Crippen LogP contribution is 2.43. The normalized spacial score (nSPS) is 12.1. The second-order valence-electron chi connectivity index (χ2n) is 11.2. The molecule has 0 fully saturated rings. The molecule has 0 aliphatic carbocycles. The Kier molecular flexibility index (Phi) is 4.84. The van der Waals surface area contributed by atoms with Gasteiger partial charge in [0.05, 0.1) is 0 Å². The highest BCUT2D eigenvalue weighted by atomic mass is 32.1. The number of thiophene rings is 1. The van der Waals surface area contributed by atoms with Crippen LogP contribution in [-0.2, 0) is 0 Å². The van der Waals surface area contributed by atoms with E-state index in [9.17, 15) is 0 Å². The fourth-order valence-corrected chi connectivity index (χ4v) is 7.72. The Morgan fingerprint density at radius 1 is 0.477 bits per heavy atom. The van der Waals surface area contributed by atoms with Crippen molar-refractivity contribution in [1.82, 2.24) is 4.98 Å². The minimum atomic E-state index is 0.784. The maximum atomic E-state index is 6.58. The predicted molar refractivity (Wildman–Crippen MR) is 184 cm³/mol. The van der Waals surface area contributed by atoms with E-state index in [1.54, 1.807) is 0 Å². The Morgan fingerprint density at radius 2 is 1.20 bits per heavy atom. The van der Waals surface area contributed by atoms with Gasteiger partial charge in [0.15, 0.2) is 0 Å². The molecule has 0 radical (unpaired) electrons. The number of fused-ring (bicyclic) bond motifs is 11. The van der Waals surface area contributed by atoms with E-state index in [0.717, 1.165) is 71.8 Å². The zero-order valence-corrected chi connectivity index (χ0v) is 24.1. The van der Waals surface area contributed by atoms with Gasteiger partial charge < -0.3 is 8.83 Å². The first-order valence-electron chi connectivity index (χ1n) is 14.6. The fraction of sp³-hybridized carbons (Fsp3) is 0. The van der Waals surface area contributed by atoms with Crippen LogP contribution in [0.2, 0.25) is 0 Å². The maximum absolute atomic E-state index is 6.58. The first-order chi connectivity index (χ1) is 21.8. The number of rotatable bonds is 3. The van der Waals surface area contributed by atoms with Gasteiger partial charge in [-0.15, -0.1) is 11.3 Å². The van der Waals surface area contributed by atoms with E-state index in [2.05, 4.69) is 120 Å². The fourth-order valence-electron chi connectivity index (χ4n) is 6.63. The minimum Gasteiger partial charge on any atom is -0.456 e. The number of hydrogen-bond acceptors (Lipinski definition) is 5. The Bertz CT molecular complexity index is 2640. The number of benzene rings is 6. The van der Waals surface area contributed by atoms with Gasteiger partial charge in [0, 0.05) is 70.7 Å². The van der Waals surface area contributed by atoms with Crippen molar-refractivity contribution >= 4 is 103 Å². The minimum absolute atomic E-state index is 0.784. The van der Waals surface area contributed by atoms with Crippen LogP contribution in [0.15, 0.2) is 142 Å². The third-order valence-corrected chi connectivity index (χ3v) is 9.85. The molecule has 6 aromatic carbocycles. The number of nitrogens with zero attached hydrogens (tertiary/aromatic N) is 2. The summed E-state index contributed by atoms with van der Waals surface area (Å²) in [4.78, 5) is 7.29. The van der Waals surface area contributed by atoms with Crippen LogP contribution in [0.4, 0.5) is 17.2 Å². The summed E-state index contributed by atoms with van der Waals surface area (Å²) < 4.78 is 15.3. The van der Waals surface area contributed by atoms with Crippen LogP contribution in [0.25, 0.3) is 74.8 Å². The van der Waals surface area contributed by atoms with Gasteiger partial charge in [0.2, 0.25) is 0 Å². The van der Waals surface area contributed by atoms with Crippen molar-refractivity contribution in [3.05, 3.63) is 134 Å². The number of furan rings is 2. The Morgan fingerprint density at radius 3 is 2.14 bits per heavy atom. The van der Waals surface area contributed by atoms with Gasteiger partial charge in [0.1, 0.15) is 28.1 Å². The molecule has 0 N–H and O–H groups in total. The molecule has 0 saturated carbocycles. The molecular weight excluding hydrogens is 561 g/mol. The molecule has 0 aliphatic heterocycles. The Labute approximate surface area is 255 Å². The molecule has 0 aliphatic rings. The molecular formula is C39H22N2O2S. The molecule has 4 aromatic heterocycles. The summed E-state index contributed by atoms with van der Waals surface area (Å²) in [5.74, 6) is 0.784. The number of anilines is 3. The van der Waals surface area contributed by atoms with Crippen molar-refractivity contribution < 1.29 is 8.83 Å². The van der Waals surface area contributed by atoms with Crippen molar-refractivity contribution in [2.45, 2.75) is 0 Å². The van der Waals surface area contributed by atoms with Gasteiger partial charge in [-0.2, -0.15) is 0 Å². The highest BCUT2D eigenvalue weighted by Gasteiger charge is 2.20. The van der Waals surface area contributed by atoms with Crippen molar-refractivity contribution in [3.63, 3.8) is 0 Å². The maximum Gasteiger partial charge on any atom is 0.143 e. The first kappa shape index (κ1) is 23.9. The van der Waals surface area contributed by atoms with Crippen LogP contribution in [0.1, 0.15) is 0 Å². The van der Waals surface area contributed by atoms with E-state index < -0.39 is 0 Å². The lowest BCUT2D eigenvalue weighted by atomic mass is 10.1. The summed E-state index contributed by atoms with van der Waals surface area (Å²) in [7, 11) is 0. The Balaban J connectivity index is 1.23. The predicted octanol–water partition coefficient (Wildman–Crippen LogP) is 11.9. The monoisotopic (exact) mass is 582 g/mol. The quantitative estimate of drug-likeness (QED) is 0.208. The molecule has 0 saturated heterocycles.